The van der Waals surface area contributed by atoms with Crippen LogP contribution in [0.1, 0.15) is 81.6 Å². The Balaban J connectivity index is 0. The van der Waals surface area contributed by atoms with Crippen molar-refractivity contribution in [3.05, 3.63) is 52.8 Å². The monoisotopic (exact) mass is 631 g/mol. The summed E-state index contributed by atoms with van der Waals surface area (Å²) in [4.78, 5) is 14.8. The molecule has 224 valence electrons. The molecule has 9 heteroatoms. The topological polar surface area (TPSA) is 69.7 Å². The lowest BCUT2D eigenvalue weighted by molar-refractivity contribution is 0.156. The Morgan fingerprint density at radius 2 is 1.51 bits per heavy atom. The Hall–Kier alpha value is -1.97. The third-order valence-electron chi connectivity index (χ3n) is 5.43. The van der Waals surface area contributed by atoms with E-state index in [1.165, 1.54) is 22.7 Å². The quantitative estimate of drug-likeness (QED) is 0.346. The highest BCUT2D eigenvalue weighted by Crippen LogP contribution is 2.30. The van der Waals surface area contributed by atoms with Crippen LogP contribution >= 0.6 is 15.9 Å². The predicted octanol–water partition coefficient (Wildman–Crippen LogP) is 9.03. The molecule has 2 aromatic carbocycles. The standard InChI is InChI=1S/C22H27BrFN3O3S.4C2H6/c1-3-11-27(19-9-12-26(13-10-19)31(2,29)30)22(28)25-21-8-7-17(15-20(21)23)16-5-4-6-18(24)14-16;4*1-2/h4-8,14-15,19H,3,9-13H2,1-2H3,(H,25,28);4*1-2H3. The van der Waals surface area contributed by atoms with E-state index in [9.17, 15) is 17.6 Å². The minimum atomic E-state index is -3.21. The van der Waals surface area contributed by atoms with E-state index in [1.807, 2.05) is 80.5 Å². The number of piperidine rings is 1. The van der Waals surface area contributed by atoms with Gasteiger partial charge in [0.15, 0.2) is 0 Å². The third-order valence-corrected chi connectivity index (χ3v) is 7.39. The molecule has 1 heterocycles. The molecule has 1 saturated heterocycles. The highest BCUT2D eigenvalue weighted by molar-refractivity contribution is 9.10. The fraction of sp³-hybridized carbons (Fsp3) is 0.567. The summed E-state index contributed by atoms with van der Waals surface area (Å²) >= 11 is 3.50. The summed E-state index contributed by atoms with van der Waals surface area (Å²) in [6.07, 6.45) is 3.24. The molecule has 1 aliphatic rings. The molecular formula is C30H51BrFN3O3S. The first-order valence-electron chi connectivity index (χ1n) is 14.3. The lowest BCUT2D eigenvalue weighted by atomic mass is 10.0. The van der Waals surface area contributed by atoms with Gasteiger partial charge >= 0.3 is 6.03 Å². The van der Waals surface area contributed by atoms with Crippen LogP contribution in [0.15, 0.2) is 46.9 Å². The van der Waals surface area contributed by atoms with Gasteiger partial charge in [-0.15, -0.1) is 0 Å². The second-order valence-electron chi connectivity index (χ2n) is 7.72. The SMILES string of the molecule is CC.CC.CC.CC.CCCN(C(=O)Nc1ccc(-c2cccc(F)c2)cc1Br)C1CCN(S(C)(=O)=O)CC1. The minimum absolute atomic E-state index is 0.0108. The molecule has 39 heavy (non-hydrogen) atoms. The Morgan fingerprint density at radius 3 is 1.97 bits per heavy atom. The zero-order chi connectivity index (χ0) is 30.6. The highest BCUT2D eigenvalue weighted by Gasteiger charge is 2.30. The average molecular weight is 633 g/mol. The second-order valence-corrected chi connectivity index (χ2v) is 10.6. The van der Waals surface area contributed by atoms with Gasteiger partial charge in [0.25, 0.3) is 0 Å². The molecule has 6 nitrogen and oxygen atoms in total. The summed E-state index contributed by atoms with van der Waals surface area (Å²) in [7, 11) is -3.21. The summed E-state index contributed by atoms with van der Waals surface area (Å²) in [6.45, 7) is 19.4. The smallest absolute Gasteiger partial charge is 0.321 e. The van der Waals surface area contributed by atoms with E-state index in [0.717, 1.165) is 17.5 Å². The number of amides is 2. The van der Waals surface area contributed by atoms with Gasteiger partial charge in [0.1, 0.15) is 5.82 Å². The normalized spacial score (nSPS) is 13.0. The Bertz CT molecular complexity index is 1040. The van der Waals surface area contributed by atoms with Crippen molar-refractivity contribution in [1.82, 2.24) is 9.21 Å². The number of halogens is 2. The van der Waals surface area contributed by atoms with Crippen LogP contribution in [-0.4, -0.2) is 55.6 Å². The van der Waals surface area contributed by atoms with Crippen LogP contribution in [0.5, 0.6) is 0 Å². The Morgan fingerprint density at radius 1 is 0.974 bits per heavy atom. The van der Waals surface area contributed by atoms with Gasteiger partial charge in [-0.1, -0.05) is 80.5 Å². The van der Waals surface area contributed by atoms with Crippen molar-refractivity contribution < 1.29 is 17.6 Å². The van der Waals surface area contributed by atoms with Crippen LogP contribution in [0.3, 0.4) is 0 Å². The Labute approximate surface area is 246 Å². The van der Waals surface area contributed by atoms with Gasteiger partial charge in [0.05, 0.1) is 11.9 Å². The minimum Gasteiger partial charge on any atom is -0.321 e. The molecule has 1 N–H and O–H groups in total. The molecule has 2 amide bonds. The molecule has 0 saturated carbocycles. The number of carbonyl (C=O) groups is 1. The summed E-state index contributed by atoms with van der Waals surface area (Å²) in [5.74, 6) is -0.303. The van der Waals surface area contributed by atoms with E-state index < -0.39 is 10.0 Å². The highest BCUT2D eigenvalue weighted by atomic mass is 79.9. The molecule has 0 aromatic heterocycles. The number of nitrogens with one attached hydrogen (secondary N) is 1. The van der Waals surface area contributed by atoms with E-state index in [4.69, 9.17) is 0 Å². The number of hydrogen-bond acceptors (Lipinski definition) is 3. The van der Waals surface area contributed by atoms with Gasteiger partial charge < -0.3 is 10.2 Å². The first-order valence-corrected chi connectivity index (χ1v) is 16.9. The van der Waals surface area contributed by atoms with Gasteiger partial charge in [-0.2, -0.15) is 0 Å². The van der Waals surface area contributed by atoms with Crippen LogP contribution in [0.25, 0.3) is 11.1 Å². The van der Waals surface area contributed by atoms with Crippen molar-refractivity contribution in [2.75, 3.05) is 31.2 Å². The van der Waals surface area contributed by atoms with Crippen molar-refractivity contribution in [2.24, 2.45) is 0 Å². The van der Waals surface area contributed by atoms with Gasteiger partial charge in [-0.3, -0.25) is 0 Å². The second kappa shape index (κ2) is 21.8. The van der Waals surface area contributed by atoms with Crippen LogP contribution < -0.4 is 5.32 Å². The lowest BCUT2D eigenvalue weighted by Gasteiger charge is -2.37. The van der Waals surface area contributed by atoms with Crippen LogP contribution in [0.2, 0.25) is 0 Å². The Kier molecular flexibility index (Phi) is 21.9. The number of hydrogen-bond donors (Lipinski definition) is 1. The van der Waals surface area contributed by atoms with Crippen LogP contribution in [-0.2, 0) is 10.0 Å². The van der Waals surface area contributed by atoms with Gasteiger partial charge in [-0.05, 0) is 70.6 Å². The van der Waals surface area contributed by atoms with E-state index in [0.29, 0.717) is 42.6 Å². The molecule has 0 bridgehead atoms. The summed E-state index contributed by atoms with van der Waals surface area (Å²) in [6, 6.07) is 11.6. The van der Waals surface area contributed by atoms with E-state index in [1.54, 1.807) is 17.0 Å². The third kappa shape index (κ3) is 13.3. The molecule has 1 fully saturated rings. The average Bonchev–Trinajstić information content (AvgIpc) is 2.96. The molecule has 3 rings (SSSR count). The van der Waals surface area contributed by atoms with Crippen LogP contribution in [0.4, 0.5) is 14.9 Å². The molecular weight excluding hydrogens is 581 g/mol. The van der Waals surface area contributed by atoms with Crippen molar-refractivity contribution in [3.63, 3.8) is 0 Å². The first-order chi connectivity index (χ1) is 18.7. The molecule has 0 radical (unpaired) electrons. The molecule has 0 spiro atoms. The molecule has 1 aliphatic heterocycles. The van der Waals surface area contributed by atoms with E-state index >= 15 is 0 Å². The van der Waals surface area contributed by atoms with Crippen molar-refractivity contribution >= 4 is 37.7 Å². The summed E-state index contributed by atoms with van der Waals surface area (Å²) in [5.41, 5.74) is 2.21. The fourth-order valence-electron chi connectivity index (χ4n) is 3.83. The largest absolute Gasteiger partial charge is 0.322 e. The van der Waals surface area contributed by atoms with Crippen LogP contribution in [0, 0.1) is 5.82 Å². The zero-order valence-corrected chi connectivity index (χ0v) is 28.0. The number of carbonyl (C=O) groups excluding carboxylic acids is 1. The maximum Gasteiger partial charge on any atom is 0.322 e. The number of anilines is 1. The summed E-state index contributed by atoms with van der Waals surface area (Å²) in [5, 5.41) is 2.96. The fourth-order valence-corrected chi connectivity index (χ4v) is 5.18. The lowest BCUT2D eigenvalue weighted by Crippen LogP contribution is -2.50. The van der Waals surface area contributed by atoms with Crippen molar-refractivity contribution in [1.29, 1.82) is 0 Å². The molecule has 0 atom stereocenters. The van der Waals surface area contributed by atoms with E-state index in [-0.39, 0.29) is 17.9 Å². The first kappa shape index (κ1) is 39.2. The number of rotatable bonds is 6. The molecule has 0 unspecified atom stereocenters. The number of sulfonamides is 1. The van der Waals surface area contributed by atoms with E-state index in [2.05, 4.69) is 21.2 Å². The van der Waals surface area contributed by atoms with Gasteiger partial charge in [0.2, 0.25) is 10.0 Å². The number of nitrogens with zero attached hydrogens (tertiary/aromatic N) is 2. The predicted molar refractivity (Wildman–Crippen MR) is 170 cm³/mol. The maximum absolute atomic E-state index is 13.5. The number of benzene rings is 2. The summed E-state index contributed by atoms with van der Waals surface area (Å²) < 4.78 is 39.2. The maximum atomic E-state index is 13.5. The number of urea groups is 1. The molecule has 0 aliphatic carbocycles. The van der Waals surface area contributed by atoms with Gasteiger partial charge in [0, 0.05) is 30.1 Å². The van der Waals surface area contributed by atoms with Crippen molar-refractivity contribution in [2.45, 2.75) is 87.6 Å². The molecule has 2 aromatic rings. The van der Waals surface area contributed by atoms with Crippen molar-refractivity contribution in [3.8, 4) is 11.1 Å². The van der Waals surface area contributed by atoms with Gasteiger partial charge in [-0.25, -0.2) is 21.9 Å². The zero-order valence-electron chi connectivity index (χ0n) is 25.6.